The van der Waals surface area contributed by atoms with E-state index in [1.54, 1.807) is 12.3 Å². The van der Waals surface area contributed by atoms with Gasteiger partial charge in [0, 0.05) is 116 Å². The van der Waals surface area contributed by atoms with Gasteiger partial charge in [0.2, 0.25) is 0 Å². The molecular formula is C93H106Ir2LiN7O5-2. The number of carbonyl (C=O) groups is 2. The fourth-order valence-corrected chi connectivity index (χ4v) is 12.4. The number of aliphatic hydroxyl groups excluding tert-OH is 2. The SMILES string of the molecule is CC(C)(C)C(=O)C=C(O)C(C)(C)C.CCCC(CCC)C(=O)C=C(O)C(CCC)CCC.Cc1[c-]c(-c2ncc(-c3ccc(C#N)cc3C)nc2-c2cc(C)cc(C)c2)cc(C)c1.Cc1[c-]c(-c2ncc(-c3ccc(C#N)cc3C)nc2-c2cc(C)cc(C)c2)cc(C)c1.[Ir].[Ir].[Li+].[O-]c1cccc2cccnc12. The molecule has 0 bridgehead atoms. The Bertz CT molecular complexity index is 4530. The molecule has 564 valence electrons. The number of aryl methyl sites for hydroxylation is 10. The Morgan fingerprint density at radius 2 is 0.898 bits per heavy atom. The number of nitriles is 2. The predicted molar refractivity (Wildman–Crippen MR) is 429 cm³/mol. The summed E-state index contributed by atoms with van der Waals surface area (Å²) in [5.41, 5.74) is 23.2. The van der Waals surface area contributed by atoms with Crippen molar-refractivity contribution in [1.29, 1.82) is 10.5 Å². The third kappa shape index (κ3) is 27.7. The molecule has 2 N–H and O–H groups in total. The minimum Gasteiger partial charge on any atom is -0.871 e. The van der Waals surface area contributed by atoms with Crippen molar-refractivity contribution in [2.75, 3.05) is 0 Å². The van der Waals surface area contributed by atoms with E-state index < -0.39 is 5.41 Å². The van der Waals surface area contributed by atoms with Gasteiger partial charge in [0.15, 0.2) is 11.6 Å². The maximum Gasteiger partial charge on any atom is 1.00 e. The van der Waals surface area contributed by atoms with Gasteiger partial charge in [0.1, 0.15) is 5.76 Å². The summed E-state index contributed by atoms with van der Waals surface area (Å²) in [5.74, 6) is 0.795. The Hall–Kier alpha value is -8.79. The Morgan fingerprint density at radius 3 is 1.26 bits per heavy atom. The van der Waals surface area contributed by atoms with Gasteiger partial charge in [-0.25, -0.2) is 0 Å². The van der Waals surface area contributed by atoms with Crippen LogP contribution in [0.4, 0.5) is 0 Å². The molecule has 0 atom stereocenters. The van der Waals surface area contributed by atoms with Crippen molar-refractivity contribution < 1.29 is 84.0 Å². The van der Waals surface area contributed by atoms with Gasteiger partial charge in [0.05, 0.1) is 57.3 Å². The first-order valence-corrected chi connectivity index (χ1v) is 36.6. The van der Waals surface area contributed by atoms with E-state index in [4.69, 9.17) is 19.9 Å². The minimum atomic E-state index is -0.417. The van der Waals surface area contributed by atoms with E-state index in [9.17, 15) is 35.4 Å². The minimum absolute atomic E-state index is 0. The molecule has 0 saturated heterocycles. The van der Waals surface area contributed by atoms with Crippen LogP contribution in [0.1, 0.15) is 187 Å². The number of aromatic nitrogens is 5. The number of carbonyl (C=O) groups excluding carboxylic acids is 2. The summed E-state index contributed by atoms with van der Waals surface area (Å²) in [7, 11) is 0. The van der Waals surface area contributed by atoms with Crippen molar-refractivity contribution in [1.82, 2.24) is 24.9 Å². The number of allylic oxidation sites excluding steroid dienone is 4. The second-order valence-corrected chi connectivity index (χ2v) is 29.7. The largest absolute Gasteiger partial charge is 1.00 e. The van der Waals surface area contributed by atoms with Crippen LogP contribution in [-0.2, 0) is 49.8 Å². The van der Waals surface area contributed by atoms with Gasteiger partial charge in [-0.1, -0.05) is 223 Å². The number of hydrogen-bond donors (Lipinski definition) is 2. The maximum absolute atomic E-state index is 12.2. The van der Waals surface area contributed by atoms with Crippen molar-refractivity contribution in [3.8, 4) is 85.4 Å². The topological polar surface area (TPSA) is 210 Å². The molecule has 15 heteroatoms. The number of aliphatic hydroxyl groups is 2. The summed E-state index contributed by atoms with van der Waals surface area (Å²) in [6.45, 7) is 40.2. The quantitative estimate of drug-likeness (QED) is 0.0356. The van der Waals surface area contributed by atoms with Crippen LogP contribution in [0.3, 0.4) is 0 Å². The summed E-state index contributed by atoms with van der Waals surface area (Å²) in [6.07, 6.45) is 16.1. The van der Waals surface area contributed by atoms with Crippen LogP contribution < -0.4 is 24.0 Å². The molecule has 2 radical (unpaired) electrons. The fourth-order valence-electron chi connectivity index (χ4n) is 12.4. The first kappa shape index (κ1) is 93.4. The third-order valence-electron chi connectivity index (χ3n) is 17.6. The molecule has 0 fully saturated rings. The number of rotatable bonds is 18. The van der Waals surface area contributed by atoms with Crippen LogP contribution in [-0.4, -0.2) is 46.7 Å². The van der Waals surface area contributed by atoms with Gasteiger partial charge in [-0.15, -0.1) is 69.8 Å². The molecule has 12 nitrogen and oxygen atoms in total. The molecule has 0 aliphatic heterocycles. The number of ketones is 2. The molecule has 3 aromatic heterocycles. The maximum atomic E-state index is 12.2. The van der Waals surface area contributed by atoms with Gasteiger partial charge in [-0.2, -0.15) is 10.5 Å². The van der Waals surface area contributed by atoms with E-state index in [2.05, 4.69) is 173 Å². The first-order valence-electron chi connectivity index (χ1n) is 36.6. The molecule has 0 unspecified atom stereocenters. The molecule has 0 saturated carbocycles. The average Bonchev–Trinajstić information content (AvgIpc) is 0.788. The van der Waals surface area contributed by atoms with Crippen LogP contribution in [0.15, 0.2) is 170 Å². The van der Waals surface area contributed by atoms with Crippen molar-refractivity contribution in [3.05, 3.63) is 249 Å². The van der Waals surface area contributed by atoms with Crippen molar-refractivity contribution >= 4 is 22.5 Å². The molecule has 3 heterocycles. The van der Waals surface area contributed by atoms with E-state index in [0.717, 1.165) is 147 Å². The van der Waals surface area contributed by atoms with E-state index >= 15 is 0 Å². The van der Waals surface area contributed by atoms with Crippen molar-refractivity contribution in [2.24, 2.45) is 22.7 Å². The second kappa shape index (κ2) is 44.0. The summed E-state index contributed by atoms with van der Waals surface area (Å²) in [4.78, 5) is 47.6. The molecule has 0 aliphatic carbocycles. The molecule has 0 aliphatic rings. The summed E-state index contributed by atoms with van der Waals surface area (Å²) < 4.78 is 0. The van der Waals surface area contributed by atoms with E-state index in [1.807, 2.05) is 122 Å². The van der Waals surface area contributed by atoms with E-state index in [1.165, 1.54) is 51.6 Å². The Kier molecular flexibility index (Phi) is 38.1. The Labute approximate surface area is 683 Å². The van der Waals surface area contributed by atoms with Crippen LogP contribution in [0.5, 0.6) is 5.75 Å². The van der Waals surface area contributed by atoms with Gasteiger partial charge in [0.25, 0.3) is 0 Å². The Balaban J connectivity index is 0.000000367. The summed E-state index contributed by atoms with van der Waals surface area (Å²) >= 11 is 0. The fraction of sp³-hybridized carbons (Fsp3) is 0.344. The summed E-state index contributed by atoms with van der Waals surface area (Å²) in [5, 5.41) is 50.1. The van der Waals surface area contributed by atoms with Crippen molar-refractivity contribution in [2.45, 2.75) is 190 Å². The molecule has 108 heavy (non-hydrogen) atoms. The average molecular weight is 1790 g/mol. The van der Waals surface area contributed by atoms with Gasteiger partial charge < -0.3 is 25.3 Å². The van der Waals surface area contributed by atoms with E-state index in [-0.39, 0.29) is 99.4 Å². The normalized spacial score (nSPS) is 11.1. The number of para-hydroxylation sites is 1. The monoisotopic (exact) mass is 1790 g/mol. The standard InChI is InChI=1S/2C28H24N3.C17H32O2.C11H20O2.C9H7NO.2Ir.Li/c2*1-17-8-18(2)11-23(10-17)27-28(24-12-19(3)9-20(4)13-24)31-26(16-30-27)25-7-6-22(15-29)14-21(25)5;1-5-9-14(10-6-2)16(18)13-17(19)15(11-7-3)12-8-4;1-10(2,3)8(12)7-9(13)11(4,5)6;11-8-5-1-3-7-4-2-6-10-9(7)8;;;/h2*6-10,12-14,16H,1-5H3;13-15,18H,5-12H2,1-4H3;7,12H,1-6H3;1-6,11H;;;/q2*-1;;;;;;+1/p-1. The predicted octanol–water partition coefficient (Wildman–Crippen LogP) is 20.2. The molecule has 10 aromatic rings. The van der Waals surface area contributed by atoms with Crippen molar-refractivity contribution in [3.63, 3.8) is 0 Å². The van der Waals surface area contributed by atoms with Gasteiger partial charge >= 0.3 is 18.9 Å². The number of hydrogen-bond acceptors (Lipinski definition) is 12. The molecule has 10 rings (SSSR count). The smallest absolute Gasteiger partial charge is 0.871 e. The van der Waals surface area contributed by atoms with E-state index in [0.29, 0.717) is 22.4 Å². The molecular weight excluding hydrogens is 1690 g/mol. The second-order valence-electron chi connectivity index (χ2n) is 29.7. The van der Waals surface area contributed by atoms with Gasteiger partial charge in [-0.05, 0) is 125 Å². The van der Waals surface area contributed by atoms with Gasteiger partial charge in [-0.3, -0.25) is 24.5 Å². The Morgan fingerprint density at radius 1 is 0.500 bits per heavy atom. The van der Waals surface area contributed by atoms with Crippen LogP contribution in [0, 0.1) is 127 Å². The number of nitrogens with zero attached hydrogens (tertiary/aromatic N) is 7. The molecule has 0 amide bonds. The number of pyridine rings is 1. The number of fused-ring (bicyclic) bond motifs is 1. The first-order chi connectivity index (χ1) is 49.7. The summed E-state index contributed by atoms with van der Waals surface area (Å²) in [6, 6.07) is 52.8. The molecule has 0 spiro atoms. The van der Waals surface area contributed by atoms with Crippen LogP contribution in [0.2, 0.25) is 0 Å². The number of benzene rings is 7. The molecule has 7 aromatic carbocycles. The zero-order chi connectivity index (χ0) is 77.5. The van der Waals surface area contributed by atoms with Crippen LogP contribution >= 0.6 is 0 Å². The third-order valence-corrected chi connectivity index (χ3v) is 17.6. The zero-order valence-corrected chi connectivity index (χ0v) is 72.0. The zero-order valence-electron chi connectivity index (χ0n) is 67.2. The van der Waals surface area contributed by atoms with Crippen LogP contribution in [0.25, 0.3) is 78.4 Å².